The Morgan fingerprint density at radius 2 is 2.33 bits per heavy atom. The number of pyridine rings is 1. The molecule has 0 aromatic carbocycles. The zero-order valence-corrected chi connectivity index (χ0v) is 11.0. The van der Waals surface area contributed by atoms with Crippen molar-refractivity contribution in [2.24, 2.45) is 5.41 Å². The van der Waals surface area contributed by atoms with Crippen molar-refractivity contribution in [1.82, 2.24) is 9.88 Å². The third-order valence-electron chi connectivity index (χ3n) is 3.47. The van der Waals surface area contributed by atoms with E-state index in [-0.39, 0.29) is 5.69 Å². The maximum Gasteiger partial charge on any atom is 0.354 e. The number of aromatic nitrogens is 1. The SMILES string of the molecule is CC1(C)CCCN(Cc2cccnc2C(=O)O)C1. The molecule has 0 amide bonds. The molecule has 4 heteroatoms. The van der Waals surface area contributed by atoms with E-state index in [9.17, 15) is 4.79 Å². The Balaban J connectivity index is 2.12. The van der Waals surface area contributed by atoms with E-state index in [1.807, 2.05) is 6.07 Å². The van der Waals surface area contributed by atoms with Crippen LogP contribution in [0, 0.1) is 5.41 Å². The molecule has 4 nitrogen and oxygen atoms in total. The molecule has 98 valence electrons. The predicted octanol–water partition coefficient (Wildman–Crippen LogP) is 2.40. The largest absolute Gasteiger partial charge is 0.477 e. The van der Waals surface area contributed by atoms with Crippen molar-refractivity contribution < 1.29 is 9.90 Å². The van der Waals surface area contributed by atoms with Crippen LogP contribution in [-0.4, -0.2) is 34.0 Å². The van der Waals surface area contributed by atoms with Gasteiger partial charge in [-0.3, -0.25) is 4.90 Å². The summed E-state index contributed by atoms with van der Waals surface area (Å²) in [6.45, 7) is 7.26. The van der Waals surface area contributed by atoms with Crippen molar-refractivity contribution in [3.63, 3.8) is 0 Å². The molecule has 1 N–H and O–H groups in total. The van der Waals surface area contributed by atoms with E-state index < -0.39 is 5.97 Å². The van der Waals surface area contributed by atoms with Crippen molar-refractivity contribution in [3.05, 3.63) is 29.6 Å². The van der Waals surface area contributed by atoms with Crippen LogP contribution in [0.5, 0.6) is 0 Å². The van der Waals surface area contributed by atoms with E-state index in [1.54, 1.807) is 6.07 Å². The molecular formula is C14H20N2O2. The topological polar surface area (TPSA) is 53.4 Å². The fourth-order valence-corrected chi connectivity index (χ4v) is 2.68. The van der Waals surface area contributed by atoms with Gasteiger partial charge in [-0.1, -0.05) is 19.9 Å². The minimum absolute atomic E-state index is 0.181. The highest BCUT2D eigenvalue weighted by atomic mass is 16.4. The molecular weight excluding hydrogens is 228 g/mol. The van der Waals surface area contributed by atoms with Gasteiger partial charge >= 0.3 is 5.97 Å². The molecule has 0 saturated carbocycles. The van der Waals surface area contributed by atoms with E-state index in [0.29, 0.717) is 12.0 Å². The number of aromatic carboxylic acids is 1. The van der Waals surface area contributed by atoms with Crippen LogP contribution in [0.15, 0.2) is 18.3 Å². The van der Waals surface area contributed by atoms with Gasteiger partial charge in [0, 0.05) is 19.3 Å². The predicted molar refractivity (Wildman–Crippen MR) is 69.5 cm³/mol. The van der Waals surface area contributed by atoms with Gasteiger partial charge in [-0.05, 0) is 36.4 Å². The Bertz CT molecular complexity index is 443. The summed E-state index contributed by atoms with van der Waals surface area (Å²) >= 11 is 0. The Morgan fingerprint density at radius 1 is 1.56 bits per heavy atom. The smallest absolute Gasteiger partial charge is 0.354 e. The first kappa shape index (κ1) is 13.0. The van der Waals surface area contributed by atoms with Crippen LogP contribution in [0.4, 0.5) is 0 Å². The summed E-state index contributed by atoms with van der Waals surface area (Å²) < 4.78 is 0. The Labute approximate surface area is 108 Å². The second-order valence-corrected chi connectivity index (χ2v) is 5.79. The van der Waals surface area contributed by atoms with Crippen LogP contribution in [-0.2, 0) is 6.54 Å². The van der Waals surface area contributed by atoms with Crippen molar-refractivity contribution >= 4 is 5.97 Å². The van der Waals surface area contributed by atoms with Crippen LogP contribution in [0.3, 0.4) is 0 Å². The first-order chi connectivity index (χ1) is 8.48. The second-order valence-electron chi connectivity index (χ2n) is 5.79. The average Bonchev–Trinajstić information content (AvgIpc) is 2.28. The molecule has 1 fully saturated rings. The zero-order valence-electron chi connectivity index (χ0n) is 11.0. The van der Waals surface area contributed by atoms with Gasteiger partial charge in [-0.15, -0.1) is 0 Å². The third kappa shape index (κ3) is 3.07. The highest BCUT2D eigenvalue weighted by molar-refractivity contribution is 5.86. The minimum Gasteiger partial charge on any atom is -0.477 e. The highest BCUT2D eigenvalue weighted by Gasteiger charge is 2.27. The number of piperidine rings is 1. The molecule has 0 spiro atoms. The normalized spacial score (nSPS) is 19.7. The van der Waals surface area contributed by atoms with E-state index in [1.165, 1.54) is 19.0 Å². The summed E-state index contributed by atoms with van der Waals surface area (Å²) in [6, 6.07) is 3.66. The fraction of sp³-hybridized carbons (Fsp3) is 0.571. The van der Waals surface area contributed by atoms with E-state index in [4.69, 9.17) is 5.11 Å². The molecule has 0 aliphatic carbocycles. The summed E-state index contributed by atoms with van der Waals surface area (Å²) in [7, 11) is 0. The van der Waals surface area contributed by atoms with Gasteiger partial charge in [0.15, 0.2) is 5.69 Å². The lowest BCUT2D eigenvalue weighted by Crippen LogP contribution is -2.39. The van der Waals surface area contributed by atoms with Gasteiger partial charge < -0.3 is 5.11 Å². The molecule has 2 rings (SSSR count). The van der Waals surface area contributed by atoms with Crippen molar-refractivity contribution in [2.75, 3.05) is 13.1 Å². The van der Waals surface area contributed by atoms with Crippen LogP contribution in [0.1, 0.15) is 42.7 Å². The Kier molecular flexibility index (Phi) is 3.66. The summed E-state index contributed by atoms with van der Waals surface area (Å²) in [5.41, 5.74) is 1.31. The average molecular weight is 248 g/mol. The van der Waals surface area contributed by atoms with Gasteiger partial charge in [0.25, 0.3) is 0 Å². The van der Waals surface area contributed by atoms with Crippen molar-refractivity contribution in [2.45, 2.75) is 33.2 Å². The number of carboxylic acid groups (broad SMARTS) is 1. The summed E-state index contributed by atoms with van der Waals surface area (Å²) in [6.07, 6.45) is 3.95. The Hall–Kier alpha value is -1.42. The molecule has 1 aliphatic rings. The number of carboxylic acids is 1. The second kappa shape index (κ2) is 5.06. The minimum atomic E-state index is -0.943. The number of carbonyl (C=O) groups is 1. The van der Waals surface area contributed by atoms with Gasteiger partial charge in [0.1, 0.15) is 0 Å². The zero-order chi connectivity index (χ0) is 13.2. The lowest BCUT2D eigenvalue weighted by atomic mass is 9.84. The molecule has 1 aliphatic heterocycles. The first-order valence-electron chi connectivity index (χ1n) is 6.37. The number of hydrogen-bond donors (Lipinski definition) is 1. The molecule has 1 aromatic rings. The lowest BCUT2D eigenvalue weighted by molar-refractivity contribution is 0.0685. The maximum atomic E-state index is 11.1. The van der Waals surface area contributed by atoms with Gasteiger partial charge in [-0.2, -0.15) is 0 Å². The molecule has 0 bridgehead atoms. The monoisotopic (exact) mass is 248 g/mol. The number of likely N-dealkylation sites (tertiary alicyclic amines) is 1. The molecule has 0 unspecified atom stereocenters. The molecule has 18 heavy (non-hydrogen) atoms. The van der Waals surface area contributed by atoms with E-state index in [0.717, 1.165) is 18.7 Å². The quantitative estimate of drug-likeness (QED) is 0.892. The molecule has 0 atom stereocenters. The fourth-order valence-electron chi connectivity index (χ4n) is 2.68. The standard InChI is InChI=1S/C14H20N2O2/c1-14(2)6-4-8-16(10-14)9-11-5-3-7-15-12(11)13(17)18/h3,5,7H,4,6,8-10H2,1-2H3,(H,17,18). The number of hydrogen-bond acceptors (Lipinski definition) is 3. The summed E-state index contributed by atoms with van der Waals surface area (Å²) in [5, 5.41) is 9.12. The van der Waals surface area contributed by atoms with Gasteiger partial charge in [0.2, 0.25) is 0 Å². The van der Waals surface area contributed by atoms with Crippen molar-refractivity contribution in [3.8, 4) is 0 Å². The number of rotatable bonds is 3. The Morgan fingerprint density at radius 3 is 3.00 bits per heavy atom. The third-order valence-corrected chi connectivity index (χ3v) is 3.47. The molecule has 1 aromatic heterocycles. The van der Waals surface area contributed by atoms with E-state index in [2.05, 4.69) is 23.7 Å². The molecule has 2 heterocycles. The van der Waals surface area contributed by atoms with E-state index >= 15 is 0 Å². The maximum absolute atomic E-state index is 11.1. The molecule has 1 saturated heterocycles. The van der Waals surface area contributed by atoms with Crippen LogP contribution >= 0.6 is 0 Å². The number of nitrogens with zero attached hydrogens (tertiary/aromatic N) is 2. The van der Waals surface area contributed by atoms with Gasteiger partial charge in [-0.25, -0.2) is 9.78 Å². The van der Waals surface area contributed by atoms with Crippen LogP contribution in [0.25, 0.3) is 0 Å². The van der Waals surface area contributed by atoms with Crippen LogP contribution in [0.2, 0.25) is 0 Å². The lowest BCUT2D eigenvalue weighted by Gasteiger charge is -2.38. The molecule has 0 radical (unpaired) electrons. The van der Waals surface area contributed by atoms with Gasteiger partial charge in [0.05, 0.1) is 0 Å². The summed E-state index contributed by atoms with van der Waals surface area (Å²) in [5.74, 6) is -0.943. The summed E-state index contributed by atoms with van der Waals surface area (Å²) in [4.78, 5) is 17.4. The first-order valence-corrected chi connectivity index (χ1v) is 6.37. The highest BCUT2D eigenvalue weighted by Crippen LogP contribution is 2.29. The van der Waals surface area contributed by atoms with Crippen molar-refractivity contribution in [1.29, 1.82) is 0 Å². The van der Waals surface area contributed by atoms with Crippen LogP contribution < -0.4 is 0 Å².